The molecule has 1 unspecified atom stereocenters. The first-order valence-corrected chi connectivity index (χ1v) is 14.3. The first-order valence-electron chi connectivity index (χ1n) is 14.3. The molecule has 1 rings (SSSR count). The largest absolute Gasteiger partial charge is 0.326 e. The molecule has 0 aromatic carbocycles. The Morgan fingerprint density at radius 3 is 2.27 bits per heavy atom. The molecule has 1 aliphatic heterocycles. The van der Waals surface area contributed by atoms with Crippen molar-refractivity contribution in [3.63, 3.8) is 0 Å². The van der Waals surface area contributed by atoms with Gasteiger partial charge in [-0.2, -0.15) is 5.10 Å². The zero-order valence-corrected chi connectivity index (χ0v) is 26.0. The van der Waals surface area contributed by atoms with Gasteiger partial charge < -0.3 is 10.6 Å². The van der Waals surface area contributed by atoms with Crippen LogP contribution >= 0.6 is 0 Å². The van der Waals surface area contributed by atoms with Crippen molar-refractivity contribution in [1.29, 1.82) is 0 Å². The van der Waals surface area contributed by atoms with Gasteiger partial charge in [0, 0.05) is 54.1 Å². The highest BCUT2D eigenvalue weighted by atomic mass is 16.2. The SMILES string of the molecule is C=NN1C=C(C(C=NC(C)CC)=C(C)C)C=C/C1=C(/CCC)C(=O)NC(/C=C(\C=C/CC)NC(=O)CC)=C(C)C. The number of nitrogens with one attached hydrogen (secondary N) is 2. The van der Waals surface area contributed by atoms with E-state index in [1.54, 1.807) is 18.0 Å². The summed E-state index contributed by atoms with van der Waals surface area (Å²) in [6.07, 6.45) is 16.9. The number of hydrazone groups is 1. The molecule has 0 fully saturated rings. The number of carbonyl (C=O) groups excluding carboxylic acids is 2. The molecule has 7 heteroatoms. The highest BCUT2D eigenvalue weighted by Gasteiger charge is 2.21. The van der Waals surface area contributed by atoms with Crippen molar-refractivity contribution < 1.29 is 9.59 Å². The Kier molecular flexibility index (Phi) is 15.2. The second-order valence-corrected chi connectivity index (χ2v) is 10.1. The summed E-state index contributed by atoms with van der Waals surface area (Å²) in [5.41, 5.74) is 6.55. The molecule has 0 aromatic rings. The highest BCUT2D eigenvalue weighted by Crippen LogP contribution is 2.27. The number of rotatable bonds is 14. The van der Waals surface area contributed by atoms with E-state index in [-0.39, 0.29) is 17.9 Å². The van der Waals surface area contributed by atoms with Crippen LogP contribution in [0.2, 0.25) is 0 Å². The molecule has 1 aliphatic rings. The number of allylic oxidation sites excluding steroid dienone is 9. The van der Waals surface area contributed by atoms with Crippen LogP contribution in [0, 0.1) is 0 Å². The molecule has 218 valence electrons. The van der Waals surface area contributed by atoms with Crippen LogP contribution < -0.4 is 10.6 Å². The quantitative estimate of drug-likeness (QED) is 0.135. The maximum atomic E-state index is 13.7. The number of amides is 2. The van der Waals surface area contributed by atoms with Crippen LogP contribution in [0.5, 0.6) is 0 Å². The summed E-state index contributed by atoms with van der Waals surface area (Å²) in [5, 5.41) is 11.9. The van der Waals surface area contributed by atoms with Crippen LogP contribution in [-0.2, 0) is 9.59 Å². The van der Waals surface area contributed by atoms with E-state index in [1.165, 1.54) is 0 Å². The van der Waals surface area contributed by atoms with Gasteiger partial charge in [-0.05, 0) is 77.7 Å². The predicted octanol–water partition coefficient (Wildman–Crippen LogP) is 7.40. The molecular weight excluding hydrogens is 498 g/mol. The van der Waals surface area contributed by atoms with Crippen molar-refractivity contribution in [3.8, 4) is 0 Å². The molecule has 7 nitrogen and oxygen atoms in total. The summed E-state index contributed by atoms with van der Waals surface area (Å²) in [6.45, 7) is 21.8. The molecule has 0 spiro atoms. The molecule has 40 heavy (non-hydrogen) atoms. The smallest absolute Gasteiger partial charge is 0.253 e. The van der Waals surface area contributed by atoms with Gasteiger partial charge >= 0.3 is 0 Å². The first kappa shape index (κ1) is 34.3. The lowest BCUT2D eigenvalue weighted by molar-refractivity contribution is -0.120. The number of nitrogens with zero attached hydrogens (tertiary/aromatic N) is 3. The average Bonchev–Trinajstić information content (AvgIpc) is 2.93. The molecule has 2 amide bonds. The summed E-state index contributed by atoms with van der Waals surface area (Å²) < 4.78 is 0. The minimum absolute atomic E-state index is 0.0900. The van der Waals surface area contributed by atoms with Gasteiger partial charge in [0.1, 0.15) is 0 Å². The molecule has 0 radical (unpaired) electrons. The summed E-state index contributed by atoms with van der Waals surface area (Å²) in [6, 6.07) is 0.234. The minimum atomic E-state index is -0.221. The standard InChI is InChI=1S/C33H49N5O2/c1-11-15-17-27(36-32(39)14-4)20-30(24(7)8)37-33(40)28(16-12-2)31-19-18-26(22-38(31)34-10)29(23(5)6)21-35-25(9)13-3/h15,17-22,25H,10-14,16H2,1-9H3,(H,36,39)(H,37,40)/b17-15-,27-20+,31-28+,35-21?. The number of hydrogen-bond acceptors (Lipinski definition) is 5. The molecule has 2 N–H and O–H groups in total. The maximum absolute atomic E-state index is 13.7. The van der Waals surface area contributed by atoms with E-state index < -0.39 is 0 Å². The molecule has 0 aromatic heterocycles. The third-order valence-electron chi connectivity index (χ3n) is 6.29. The Bertz CT molecular complexity index is 1170. The minimum Gasteiger partial charge on any atom is -0.326 e. The van der Waals surface area contributed by atoms with E-state index >= 15 is 0 Å². The van der Waals surface area contributed by atoms with Crippen LogP contribution in [0.4, 0.5) is 0 Å². The number of carbonyl (C=O) groups is 2. The average molecular weight is 548 g/mol. The van der Waals surface area contributed by atoms with Gasteiger partial charge in [0.15, 0.2) is 0 Å². The zero-order valence-electron chi connectivity index (χ0n) is 26.0. The van der Waals surface area contributed by atoms with Crippen molar-refractivity contribution in [1.82, 2.24) is 15.6 Å². The Morgan fingerprint density at radius 1 is 1.05 bits per heavy atom. The van der Waals surface area contributed by atoms with E-state index in [1.807, 2.05) is 64.4 Å². The third kappa shape index (κ3) is 10.8. The van der Waals surface area contributed by atoms with Crippen LogP contribution in [-0.4, -0.2) is 35.8 Å². The van der Waals surface area contributed by atoms with Crippen molar-refractivity contribution in [3.05, 3.63) is 81.5 Å². The summed E-state index contributed by atoms with van der Waals surface area (Å²) in [5.74, 6) is -0.311. The molecule has 0 aliphatic carbocycles. The Labute approximate surface area is 242 Å². The lowest BCUT2D eigenvalue weighted by atomic mass is 9.98. The Morgan fingerprint density at radius 2 is 1.75 bits per heavy atom. The zero-order chi connectivity index (χ0) is 30.2. The van der Waals surface area contributed by atoms with Crippen molar-refractivity contribution in [2.45, 2.75) is 100 Å². The van der Waals surface area contributed by atoms with Crippen LogP contribution in [0.15, 0.2) is 91.6 Å². The monoisotopic (exact) mass is 547 g/mol. The first-order chi connectivity index (χ1) is 19.0. The van der Waals surface area contributed by atoms with E-state index in [4.69, 9.17) is 0 Å². The van der Waals surface area contributed by atoms with Crippen LogP contribution in [0.25, 0.3) is 0 Å². The predicted molar refractivity (Wildman–Crippen MR) is 170 cm³/mol. The molecule has 1 atom stereocenters. The second kappa shape index (κ2) is 17.8. The topological polar surface area (TPSA) is 86.2 Å². The van der Waals surface area contributed by atoms with E-state index in [9.17, 15) is 9.59 Å². The number of aliphatic imine (C=N–C) groups is 1. The van der Waals surface area contributed by atoms with Gasteiger partial charge in [-0.25, -0.2) is 5.01 Å². The van der Waals surface area contributed by atoms with Gasteiger partial charge in [-0.3, -0.25) is 14.6 Å². The van der Waals surface area contributed by atoms with Crippen molar-refractivity contribution in [2.75, 3.05) is 0 Å². The fraction of sp³-hybridized carbons (Fsp3) is 0.455. The third-order valence-corrected chi connectivity index (χ3v) is 6.29. The van der Waals surface area contributed by atoms with E-state index in [0.29, 0.717) is 35.5 Å². The molecular formula is C33H49N5O2. The Balaban J connectivity index is 3.50. The van der Waals surface area contributed by atoms with Gasteiger partial charge in [0.25, 0.3) is 5.91 Å². The summed E-state index contributed by atoms with van der Waals surface area (Å²) >= 11 is 0. The van der Waals surface area contributed by atoms with E-state index in [2.05, 4.69) is 55.1 Å². The number of hydrogen-bond donors (Lipinski definition) is 2. The van der Waals surface area contributed by atoms with Crippen LogP contribution in [0.1, 0.15) is 94.4 Å². The second-order valence-electron chi connectivity index (χ2n) is 10.1. The Hall–Kier alpha value is -3.74. The van der Waals surface area contributed by atoms with Gasteiger partial charge in [-0.1, -0.05) is 57.4 Å². The normalized spacial score (nSPS) is 15.6. The summed E-state index contributed by atoms with van der Waals surface area (Å²) in [7, 11) is 0. The fourth-order valence-electron chi connectivity index (χ4n) is 3.69. The van der Waals surface area contributed by atoms with Crippen molar-refractivity contribution >= 4 is 24.7 Å². The fourth-order valence-corrected chi connectivity index (χ4v) is 3.69. The summed E-state index contributed by atoms with van der Waals surface area (Å²) in [4.78, 5) is 30.5. The lowest BCUT2D eigenvalue weighted by Gasteiger charge is -2.25. The lowest BCUT2D eigenvalue weighted by Crippen LogP contribution is -2.29. The van der Waals surface area contributed by atoms with Gasteiger partial charge in [0.2, 0.25) is 5.91 Å². The molecule has 0 saturated carbocycles. The molecule has 0 bridgehead atoms. The molecule has 0 saturated heterocycles. The highest BCUT2D eigenvalue weighted by molar-refractivity contribution is 5.96. The molecule has 1 heterocycles. The van der Waals surface area contributed by atoms with Gasteiger partial charge in [-0.15, -0.1) is 0 Å². The van der Waals surface area contributed by atoms with E-state index in [0.717, 1.165) is 41.6 Å². The maximum Gasteiger partial charge on any atom is 0.253 e. The van der Waals surface area contributed by atoms with Gasteiger partial charge in [0.05, 0.1) is 5.70 Å². The van der Waals surface area contributed by atoms with Crippen molar-refractivity contribution in [2.24, 2.45) is 10.1 Å². The van der Waals surface area contributed by atoms with Crippen LogP contribution in [0.3, 0.4) is 0 Å².